The molecule has 3 nitrogen and oxygen atoms in total. The zero-order valence-electron chi connectivity index (χ0n) is 25.7. The van der Waals surface area contributed by atoms with Crippen LogP contribution in [0.4, 0.5) is 0 Å². The molecule has 8 aromatic rings. The summed E-state index contributed by atoms with van der Waals surface area (Å²) >= 11 is 0. The van der Waals surface area contributed by atoms with Crippen LogP contribution in [0, 0.1) is 0 Å². The van der Waals surface area contributed by atoms with Crippen LogP contribution in [0.5, 0.6) is 0 Å². The minimum Gasteiger partial charge on any atom is -0.456 e. The molecule has 1 aliphatic rings. The molecule has 0 radical (unpaired) electrons. The molecule has 6 aromatic carbocycles. The van der Waals surface area contributed by atoms with Crippen LogP contribution >= 0.6 is 0 Å². The third-order valence-corrected chi connectivity index (χ3v) is 9.54. The topological polar surface area (TPSA) is 38.9 Å². The second kappa shape index (κ2) is 10.1. The number of nitrogens with zero attached hydrogens (tertiary/aromatic N) is 2. The average molecular weight is 591 g/mol. The van der Waals surface area contributed by atoms with E-state index in [-0.39, 0.29) is 5.41 Å². The summed E-state index contributed by atoms with van der Waals surface area (Å²) in [5, 5.41) is 2.14. The first-order chi connectivity index (χ1) is 22.6. The maximum Gasteiger partial charge on any atom is 0.160 e. The normalized spacial score (nSPS) is 13.2. The fraction of sp³-hybridized carbons (Fsp3) is 0.0698. The molecule has 1 aliphatic carbocycles. The van der Waals surface area contributed by atoms with Gasteiger partial charge in [0.2, 0.25) is 0 Å². The highest BCUT2D eigenvalue weighted by molar-refractivity contribution is 6.12. The second-order valence-electron chi connectivity index (χ2n) is 12.5. The molecule has 0 aliphatic heterocycles. The zero-order chi connectivity index (χ0) is 30.8. The van der Waals surface area contributed by atoms with Crippen molar-refractivity contribution >= 4 is 21.9 Å². The van der Waals surface area contributed by atoms with E-state index in [9.17, 15) is 0 Å². The van der Waals surface area contributed by atoms with Gasteiger partial charge in [-0.25, -0.2) is 9.97 Å². The Hall–Kier alpha value is -5.80. The van der Waals surface area contributed by atoms with Crippen LogP contribution < -0.4 is 0 Å². The molecule has 2 aromatic heterocycles. The van der Waals surface area contributed by atoms with Crippen LogP contribution in [0.25, 0.3) is 78.1 Å². The van der Waals surface area contributed by atoms with E-state index in [4.69, 9.17) is 14.4 Å². The number of furan rings is 1. The molecule has 0 saturated carbocycles. The number of hydrogen-bond acceptors (Lipinski definition) is 3. The maximum atomic E-state index is 6.27. The molecule has 0 N–H and O–H groups in total. The predicted octanol–water partition coefficient (Wildman–Crippen LogP) is 11.4. The van der Waals surface area contributed by atoms with Gasteiger partial charge in [-0.05, 0) is 51.6 Å². The average Bonchev–Trinajstić information content (AvgIpc) is 3.61. The van der Waals surface area contributed by atoms with Gasteiger partial charge in [-0.1, -0.05) is 141 Å². The fourth-order valence-corrected chi connectivity index (χ4v) is 7.35. The number of rotatable bonds is 4. The van der Waals surface area contributed by atoms with Crippen molar-refractivity contribution in [3.63, 3.8) is 0 Å². The van der Waals surface area contributed by atoms with Crippen LogP contribution in [-0.4, -0.2) is 9.97 Å². The van der Waals surface area contributed by atoms with Gasteiger partial charge >= 0.3 is 0 Å². The molecule has 9 rings (SSSR count). The molecular weight excluding hydrogens is 560 g/mol. The first-order valence-electron chi connectivity index (χ1n) is 15.8. The lowest BCUT2D eigenvalue weighted by atomic mass is 9.81. The molecule has 3 heteroatoms. The van der Waals surface area contributed by atoms with Crippen molar-refractivity contribution in [2.24, 2.45) is 0 Å². The number of fused-ring (bicyclic) bond motifs is 6. The van der Waals surface area contributed by atoms with Crippen molar-refractivity contribution in [3.05, 3.63) is 157 Å². The van der Waals surface area contributed by atoms with Gasteiger partial charge in [0.1, 0.15) is 11.2 Å². The summed E-state index contributed by atoms with van der Waals surface area (Å²) < 4.78 is 6.27. The van der Waals surface area contributed by atoms with Gasteiger partial charge in [0, 0.05) is 32.9 Å². The molecule has 0 atom stereocenters. The number of hydrogen-bond donors (Lipinski definition) is 0. The van der Waals surface area contributed by atoms with E-state index in [1.54, 1.807) is 0 Å². The van der Waals surface area contributed by atoms with E-state index in [1.807, 2.05) is 42.5 Å². The van der Waals surface area contributed by atoms with E-state index in [0.717, 1.165) is 55.6 Å². The van der Waals surface area contributed by atoms with Gasteiger partial charge in [-0.3, -0.25) is 0 Å². The lowest BCUT2D eigenvalue weighted by molar-refractivity contribution is 0.660. The molecule has 218 valence electrons. The standard InChI is InChI=1S/C43H30N2O/c1-43(2)34-22-10-8-18-31(34)40-30(20-12-23-35(40)43)28-16-6-7-17-29(28)36-26-37(45-42(44-36)27-14-4-3-5-15-27)32-21-13-25-39-41(32)33-19-9-11-24-38(33)46-39/h3-26H,1-2H3. The molecule has 0 bridgehead atoms. The number of benzene rings is 6. The van der Waals surface area contributed by atoms with Crippen LogP contribution in [0.1, 0.15) is 25.0 Å². The molecular formula is C43H30N2O. The predicted molar refractivity (Wildman–Crippen MR) is 189 cm³/mol. The van der Waals surface area contributed by atoms with Crippen molar-refractivity contribution in [1.29, 1.82) is 0 Å². The van der Waals surface area contributed by atoms with Crippen molar-refractivity contribution in [1.82, 2.24) is 9.97 Å². The number of para-hydroxylation sites is 1. The highest BCUT2D eigenvalue weighted by Crippen LogP contribution is 2.53. The molecule has 0 amide bonds. The molecule has 46 heavy (non-hydrogen) atoms. The highest BCUT2D eigenvalue weighted by Gasteiger charge is 2.36. The Morgan fingerprint density at radius 2 is 1.07 bits per heavy atom. The van der Waals surface area contributed by atoms with Gasteiger partial charge in [0.15, 0.2) is 5.82 Å². The van der Waals surface area contributed by atoms with Crippen LogP contribution in [-0.2, 0) is 5.41 Å². The Bertz CT molecular complexity index is 2450. The summed E-state index contributed by atoms with van der Waals surface area (Å²) in [5.41, 5.74) is 14.2. The molecule has 0 fully saturated rings. The summed E-state index contributed by atoms with van der Waals surface area (Å²) in [6.07, 6.45) is 0. The quantitative estimate of drug-likeness (QED) is 0.205. The van der Waals surface area contributed by atoms with Gasteiger partial charge < -0.3 is 4.42 Å². The third kappa shape index (κ3) is 3.98. The monoisotopic (exact) mass is 590 g/mol. The minimum atomic E-state index is -0.0779. The van der Waals surface area contributed by atoms with Crippen molar-refractivity contribution < 1.29 is 4.42 Å². The van der Waals surface area contributed by atoms with Crippen molar-refractivity contribution in [2.45, 2.75) is 19.3 Å². The van der Waals surface area contributed by atoms with Gasteiger partial charge in [-0.15, -0.1) is 0 Å². The summed E-state index contributed by atoms with van der Waals surface area (Å²) in [4.78, 5) is 10.4. The first kappa shape index (κ1) is 26.6. The second-order valence-corrected chi connectivity index (χ2v) is 12.5. The molecule has 0 saturated heterocycles. The first-order valence-corrected chi connectivity index (χ1v) is 15.8. The van der Waals surface area contributed by atoms with Gasteiger partial charge in [-0.2, -0.15) is 0 Å². The largest absolute Gasteiger partial charge is 0.456 e. The number of aromatic nitrogens is 2. The van der Waals surface area contributed by atoms with E-state index < -0.39 is 0 Å². The summed E-state index contributed by atoms with van der Waals surface area (Å²) in [7, 11) is 0. The van der Waals surface area contributed by atoms with Crippen LogP contribution in [0.2, 0.25) is 0 Å². The molecule has 0 unspecified atom stereocenters. The highest BCUT2D eigenvalue weighted by atomic mass is 16.3. The van der Waals surface area contributed by atoms with E-state index in [0.29, 0.717) is 5.82 Å². The Labute approximate surface area is 267 Å². The Morgan fingerprint density at radius 3 is 1.91 bits per heavy atom. The maximum absolute atomic E-state index is 6.27. The SMILES string of the molecule is CC1(C)c2ccccc2-c2c(-c3ccccc3-c3cc(-c4cccc5oc6ccccc6c45)nc(-c4ccccc4)n3)cccc21. The van der Waals surface area contributed by atoms with Crippen LogP contribution in [0.15, 0.2) is 150 Å². The fourth-order valence-electron chi connectivity index (χ4n) is 7.35. The smallest absolute Gasteiger partial charge is 0.160 e. The lowest BCUT2D eigenvalue weighted by Crippen LogP contribution is -2.14. The van der Waals surface area contributed by atoms with Crippen LogP contribution in [0.3, 0.4) is 0 Å². The van der Waals surface area contributed by atoms with Crippen molar-refractivity contribution in [2.75, 3.05) is 0 Å². The summed E-state index contributed by atoms with van der Waals surface area (Å²) in [6.45, 7) is 4.66. The lowest BCUT2D eigenvalue weighted by Gasteiger charge is -2.22. The summed E-state index contributed by atoms with van der Waals surface area (Å²) in [6, 6.07) is 51.1. The van der Waals surface area contributed by atoms with E-state index >= 15 is 0 Å². The summed E-state index contributed by atoms with van der Waals surface area (Å²) in [5.74, 6) is 0.692. The van der Waals surface area contributed by atoms with Crippen molar-refractivity contribution in [3.8, 4) is 56.2 Å². The molecule has 2 heterocycles. The Morgan fingerprint density at radius 1 is 0.478 bits per heavy atom. The Kier molecular flexibility index (Phi) is 5.85. The minimum absolute atomic E-state index is 0.0779. The van der Waals surface area contributed by atoms with E-state index in [2.05, 4.69) is 117 Å². The van der Waals surface area contributed by atoms with E-state index in [1.165, 1.54) is 27.8 Å². The Balaban J connectivity index is 1.31. The van der Waals surface area contributed by atoms with Gasteiger partial charge in [0.25, 0.3) is 0 Å². The van der Waals surface area contributed by atoms with Gasteiger partial charge in [0.05, 0.1) is 11.4 Å². The zero-order valence-corrected chi connectivity index (χ0v) is 25.7. The molecule has 0 spiro atoms. The third-order valence-electron chi connectivity index (χ3n) is 9.54.